The van der Waals surface area contributed by atoms with E-state index >= 15 is 0 Å². The van der Waals surface area contributed by atoms with Crippen LogP contribution in [-0.2, 0) is 11.8 Å². The first-order chi connectivity index (χ1) is 9.49. The number of aliphatic carboxylic acids is 1. The van der Waals surface area contributed by atoms with Crippen molar-refractivity contribution in [2.75, 3.05) is 0 Å². The highest BCUT2D eigenvalue weighted by molar-refractivity contribution is 6.04. The molecule has 1 amide bonds. The van der Waals surface area contributed by atoms with Gasteiger partial charge in [0.25, 0.3) is 5.91 Å². The molecule has 0 bridgehead atoms. The predicted molar refractivity (Wildman–Crippen MR) is 74.5 cm³/mol. The second-order valence-corrected chi connectivity index (χ2v) is 4.80. The first kappa shape index (κ1) is 14.0. The van der Waals surface area contributed by atoms with Crippen LogP contribution >= 0.6 is 0 Å². The minimum Gasteiger partial charge on any atom is -0.481 e. The molecule has 0 aliphatic rings. The zero-order valence-corrected chi connectivity index (χ0v) is 11.5. The normalized spacial score (nSPS) is 12.3. The molecule has 106 valence electrons. The van der Waals surface area contributed by atoms with Crippen LogP contribution in [-0.4, -0.2) is 32.8 Å². The van der Waals surface area contributed by atoms with Gasteiger partial charge in [0.2, 0.25) is 0 Å². The van der Waals surface area contributed by atoms with E-state index in [1.54, 1.807) is 18.7 Å². The average Bonchev–Trinajstić information content (AvgIpc) is 2.75. The Morgan fingerprint density at radius 3 is 2.80 bits per heavy atom. The van der Waals surface area contributed by atoms with E-state index < -0.39 is 5.97 Å². The number of carbonyl (C=O) groups is 2. The van der Waals surface area contributed by atoms with Gasteiger partial charge < -0.3 is 10.4 Å². The van der Waals surface area contributed by atoms with Gasteiger partial charge >= 0.3 is 5.97 Å². The second kappa shape index (κ2) is 5.73. The first-order valence-electron chi connectivity index (χ1n) is 6.43. The van der Waals surface area contributed by atoms with Crippen molar-refractivity contribution < 1.29 is 14.7 Å². The molecule has 1 unspecified atom stereocenters. The highest BCUT2D eigenvalue weighted by atomic mass is 16.4. The van der Waals surface area contributed by atoms with Crippen molar-refractivity contribution in [3.8, 4) is 0 Å². The monoisotopic (exact) mass is 275 g/mol. The third-order valence-electron chi connectivity index (χ3n) is 3.14. The number of fused-ring (bicyclic) bond motifs is 1. The predicted octanol–water partition coefficient (Wildman–Crippen LogP) is 1.56. The zero-order chi connectivity index (χ0) is 14.7. The van der Waals surface area contributed by atoms with Crippen LogP contribution in [0.25, 0.3) is 10.9 Å². The topological polar surface area (TPSA) is 84.2 Å². The molecule has 6 nitrogen and oxygen atoms in total. The van der Waals surface area contributed by atoms with Crippen molar-refractivity contribution >= 4 is 22.8 Å². The van der Waals surface area contributed by atoms with Gasteiger partial charge in [0.1, 0.15) is 0 Å². The van der Waals surface area contributed by atoms with Crippen LogP contribution in [0.3, 0.4) is 0 Å². The van der Waals surface area contributed by atoms with Gasteiger partial charge in [0.05, 0.1) is 5.52 Å². The van der Waals surface area contributed by atoms with Gasteiger partial charge in [-0.05, 0) is 19.4 Å². The Labute approximate surface area is 116 Å². The zero-order valence-electron chi connectivity index (χ0n) is 11.5. The van der Waals surface area contributed by atoms with Gasteiger partial charge in [0, 0.05) is 24.9 Å². The third-order valence-corrected chi connectivity index (χ3v) is 3.14. The van der Waals surface area contributed by atoms with E-state index in [1.165, 1.54) is 0 Å². The molecule has 2 N–H and O–H groups in total. The van der Waals surface area contributed by atoms with Crippen molar-refractivity contribution in [3.05, 3.63) is 30.0 Å². The number of carboxylic acids is 1. The summed E-state index contributed by atoms with van der Waals surface area (Å²) in [5.74, 6) is -1.14. The lowest BCUT2D eigenvalue weighted by molar-refractivity contribution is -0.137. The lowest BCUT2D eigenvalue weighted by atomic mass is 10.1. The molecule has 0 saturated carbocycles. The molecule has 0 saturated heterocycles. The number of hydrogen-bond acceptors (Lipinski definition) is 3. The lowest BCUT2D eigenvalue weighted by Gasteiger charge is -2.11. The Bertz CT molecular complexity index is 648. The molecule has 20 heavy (non-hydrogen) atoms. The highest BCUT2D eigenvalue weighted by Gasteiger charge is 2.17. The maximum atomic E-state index is 12.2. The summed E-state index contributed by atoms with van der Waals surface area (Å²) in [5, 5.41) is 16.4. The van der Waals surface area contributed by atoms with Crippen molar-refractivity contribution in [2.45, 2.75) is 25.8 Å². The molecular weight excluding hydrogens is 258 g/mol. The summed E-state index contributed by atoms with van der Waals surface area (Å²) in [6.45, 7) is 1.78. The van der Waals surface area contributed by atoms with Crippen molar-refractivity contribution in [1.82, 2.24) is 15.1 Å². The van der Waals surface area contributed by atoms with Gasteiger partial charge in [0.15, 0.2) is 5.69 Å². The molecule has 6 heteroatoms. The number of nitrogens with one attached hydrogen (secondary N) is 1. The molecule has 0 aliphatic heterocycles. The molecule has 0 aliphatic carbocycles. The molecule has 0 spiro atoms. The van der Waals surface area contributed by atoms with Crippen LogP contribution in [0.15, 0.2) is 24.3 Å². The van der Waals surface area contributed by atoms with Crippen LogP contribution < -0.4 is 5.32 Å². The van der Waals surface area contributed by atoms with E-state index in [0.29, 0.717) is 12.1 Å². The number of amides is 1. The van der Waals surface area contributed by atoms with E-state index in [-0.39, 0.29) is 18.4 Å². The van der Waals surface area contributed by atoms with E-state index in [4.69, 9.17) is 5.11 Å². The van der Waals surface area contributed by atoms with Crippen LogP contribution in [0.1, 0.15) is 30.3 Å². The molecule has 0 fully saturated rings. The quantitative estimate of drug-likeness (QED) is 0.867. The molecule has 1 heterocycles. The number of nitrogens with zero attached hydrogens (tertiary/aromatic N) is 2. The molecule has 1 aromatic carbocycles. The Morgan fingerprint density at radius 2 is 2.10 bits per heavy atom. The summed E-state index contributed by atoms with van der Waals surface area (Å²) in [5.41, 5.74) is 1.25. The maximum absolute atomic E-state index is 12.2. The van der Waals surface area contributed by atoms with Crippen LogP contribution in [0, 0.1) is 0 Å². The van der Waals surface area contributed by atoms with Crippen molar-refractivity contribution in [2.24, 2.45) is 7.05 Å². The average molecular weight is 275 g/mol. The summed E-state index contributed by atoms with van der Waals surface area (Å²) in [6.07, 6.45) is 0.427. The third kappa shape index (κ3) is 2.96. The summed E-state index contributed by atoms with van der Waals surface area (Å²) < 4.78 is 1.66. The number of aromatic nitrogens is 2. The molecule has 2 rings (SSSR count). The van der Waals surface area contributed by atoms with E-state index in [1.807, 2.05) is 24.3 Å². The molecule has 2 aromatic rings. The number of benzene rings is 1. The largest absolute Gasteiger partial charge is 0.481 e. The summed E-state index contributed by atoms with van der Waals surface area (Å²) in [4.78, 5) is 22.7. The fourth-order valence-electron chi connectivity index (χ4n) is 2.09. The Morgan fingerprint density at radius 1 is 1.40 bits per heavy atom. The number of para-hydroxylation sites is 1. The Kier molecular flexibility index (Phi) is 4.02. The SMILES string of the molecule is CC(CCC(=O)O)NC(=O)c1nn(C)c2ccccc12. The smallest absolute Gasteiger partial charge is 0.303 e. The second-order valence-electron chi connectivity index (χ2n) is 4.80. The van der Waals surface area contributed by atoms with E-state index in [9.17, 15) is 9.59 Å². The summed E-state index contributed by atoms with van der Waals surface area (Å²) in [7, 11) is 1.78. The van der Waals surface area contributed by atoms with Crippen LogP contribution in [0.4, 0.5) is 0 Å². The van der Waals surface area contributed by atoms with Crippen molar-refractivity contribution in [1.29, 1.82) is 0 Å². The minimum atomic E-state index is -0.866. The highest BCUT2D eigenvalue weighted by Crippen LogP contribution is 2.17. The standard InChI is InChI=1S/C14H17N3O3/c1-9(7-8-12(18)19)15-14(20)13-10-5-3-4-6-11(10)17(2)16-13/h3-6,9H,7-8H2,1-2H3,(H,15,20)(H,18,19). The number of carbonyl (C=O) groups excluding carboxylic acids is 1. The molecule has 1 aromatic heterocycles. The lowest BCUT2D eigenvalue weighted by Crippen LogP contribution is -2.33. The summed E-state index contributed by atoms with van der Waals surface area (Å²) >= 11 is 0. The van der Waals surface area contributed by atoms with E-state index in [0.717, 1.165) is 10.9 Å². The van der Waals surface area contributed by atoms with Gasteiger partial charge in [-0.3, -0.25) is 14.3 Å². The first-order valence-corrected chi connectivity index (χ1v) is 6.43. The van der Waals surface area contributed by atoms with Crippen LogP contribution in [0.2, 0.25) is 0 Å². The minimum absolute atomic E-state index is 0.0322. The maximum Gasteiger partial charge on any atom is 0.303 e. The summed E-state index contributed by atoms with van der Waals surface area (Å²) in [6, 6.07) is 7.28. The van der Waals surface area contributed by atoms with Gasteiger partial charge in [-0.1, -0.05) is 18.2 Å². The fourth-order valence-corrected chi connectivity index (χ4v) is 2.09. The number of rotatable bonds is 5. The number of aryl methyl sites for hydroxylation is 1. The molecular formula is C14H17N3O3. The molecule has 1 atom stereocenters. The number of carboxylic acid groups (broad SMARTS) is 1. The fraction of sp³-hybridized carbons (Fsp3) is 0.357. The molecule has 0 radical (unpaired) electrons. The number of hydrogen-bond donors (Lipinski definition) is 2. The van der Waals surface area contributed by atoms with Gasteiger partial charge in [-0.25, -0.2) is 0 Å². The van der Waals surface area contributed by atoms with Gasteiger partial charge in [-0.2, -0.15) is 5.10 Å². The van der Waals surface area contributed by atoms with Crippen molar-refractivity contribution in [3.63, 3.8) is 0 Å². The van der Waals surface area contributed by atoms with Crippen LogP contribution in [0.5, 0.6) is 0 Å². The Hall–Kier alpha value is -2.37. The van der Waals surface area contributed by atoms with Gasteiger partial charge in [-0.15, -0.1) is 0 Å². The van der Waals surface area contributed by atoms with E-state index in [2.05, 4.69) is 10.4 Å². The Balaban J connectivity index is 2.13.